The number of fused-ring (bicyclic) bond motifs is 5. The summed E-state index contributed by atoms with van der Waals surface area (Å²) >= 11 is 0. The quantitative estimate of drug-likeness (QED) is 0.746. The van der Waals surface area contributed by atoms with Gasteiger partial charge in [0.1, 0.15) is 0 Å². The minimum absolute atomic E-state index is 0.323. The lowest BCUT2D eigenvalue weighted by Crippen LogP contribution is -2.16. The molecule has 1 saturated carbocycles. The van der Waals surface area contributed by atoms with E-state index in [1.165, 1.54) is 31.4 Å². The van der Waals surface area contributed by atoms with Gasteiger partial charge in [0, 0.05) is 16.8 Å². The van der Waals surface area contributed by atoms with E-state index in [2.05, 4.69) is 31.8 Å². The average molecular weight is 203 g/mol. The Balaban J connectivity index is 2.02. The van der Waals surface area contributed by atoms with Crippen molar-refractivity contribution in [2.24, 2.45) is 0 Å². The number of aromatic nitrogens is 1. The van der Waals surface area contributed by atoms with Crippen molar-refractivity contribution in [3.63, 3.8) is 0 Å². The molecule has 0 aliphatic heterocycles. The SMILES string of the molecule is CCC(C)(C)c1cc2c([nH]1)C1CCC2C1. The molecule has 2 aliphatic rings. The topological polar surface area (TPSA) is 15.8 Å². The summed E-state index contributed by atoms with van der Waals surface area (Å²) in [5, 5.41) is 0. The molecule has 2 atom stereocenters. The fourth-order valence-corrected chi connectivity index (χ4v) is 3.24. The van der Waals surface area contributed by atoms with Gasteiger partial charge in [0.2, 0.25) is 0 Å². The van der Waals surface area contributed by atoms with Gasteiger partial charge in [-0.15, -0.1) is 0 Å². The molecule has 82 valence electrons. The van der Waals surface area contributed by atoms with Crippen molar-refractivity contribution < 1.29 is 0 Å². The zero-order valence-corrected chi connectivity index (χ0v) is 10.1. The third-order valence-corrected chi connectivity index (χ3v) is 4.77. The van der Waals surface area contributed by atoms with Crippen molar-refractivity contribution in [2.45, 2.75) is 63.7 Å². The lowest BCUT2D eigenvalue weighted by atomic mass is 9.86. The standard InChI is InChI=1S/C14H21N/c1-4-14(2,3)12-8-11-9-5-6-10(7-9)13(11)15-12/h8-10,15H,4-7H2,1-3H3. The van der Waals surface area contributed by atoms with E-state index in [-0.39, 0.29) is 0 Å². The molecule has 2 aliphatic carbocycles. The minimum Gasteiger partial charge on any atom is -0.361 e. The Hall–Kier alpha value is -0.720. The van der Waals surface area contributed by atoms with E-state index in [1.54, 1.807) is 11.3 Å². The Labute approximate surface area is 92.3 Å². The number of hydrogen-bond acceptors (Lipinski definition) is 0. The Morgan fingerprint density at radius 2 is 2.07 bits per heavy atom. The number of aromatic amines is 1. The van der Waals surface area contributed by atoms with Crippen molar-refractivity contribution in [3.8, 4) is 0 Å². The molecular weight excluding hydrogens is 182 g/mol. The van der Waals surface area contributed by atoms with Crippen molar-refractivity contribution in [1.82, 2.24) is 4.98 Å². The van der Waals surface area contributed by atoms with Gasteiger partial charge in [-0.2, -0.15) is 0 Å². The Morgan fingerprint density at radius 1 is 1.33 bits per heavy atom. The van der Waals surface area contributed by atoms with E-state index >= 15 is 0 Å². The van der Waals surface area contributed by atoms with Gasteiger partial charge in [-0.1, -0.05) is 20.8 Å². The molecule has 0 amide bonds. The van der Waals surface area contributed by atoms with Gasteiger partial charge in [-0.25, -0.2) is 0 Å². The van der Waals surface area contributed by atoms with Gasteiger partial charge in [0.25, 0.3) is 0 Å². The van der Waals surface area contributed by atoms with E-state index in [4.69, 9.17) is 0 Å². The van der Waals surface area contributed by atoms with Gasteiger partial charge < -0.3 is 4.98 Å². The van der Waals surface area contributed by atoms with Crippen molar-refractivity contribution >= 4 is 0 Å². The predicted octanol–water partition coefficient (Wildman–Crippen LogP) is 4.07. The third-order valence-electron chi connectivity index (χ3n) is 4.77. The molecule has 1 heteroatoms. The minimum atomic E-state index is 0.323. The molecule has 1 N–H and O–H groups in total. The van der Waals surface area contributed by atoms with Crippen LogP contribution < -0.4 is 0 Å². The van der Waals surface area contributed by atoms with Crippen LogP contribution in [0.4, 0.5) is 0 Å². The predicted molar refractivity (Wildman–Crippen MR) is 63.4 cm³/mol. The first-order valence-electron chi connectivity index (χ1n) is 6.35. The lowest BCUT2D eigenvalue weighted by molar-refractivity contribution is 0.490. The molecule has 0 radical (unpaired) electrons. The second kappa shape index (κ2) is 2.90. The first-order chi connectivity index (χ1) is 7.12. The zero-order chi connectivity index (χ0) is 10.6. The van der Waals surface area contributed by atoms with Crippen molar-refractivity contribution in [2.75, 3.05) is 0 Å². The highest BCUT2D eigenvalue weighted by Crippen LogP contribution is 2.53. The zero-order valence-electron chi connectivity index (χ0n) is 10.1. The van der Waals surface area contributed by atoms with Crippen LogP contribution in [0.2, 0.25) is 0 Å². The van der Waals surface area contributed by atoms with E-state index in [0.717, 1.165) is 11.8 Å². The summed E-state index contributed by atoms with van der Waals surface area (Å²) in [5.74, 6) is 1.76. The molecule has 1 aromatic heterocycles. The van der Waals surface area contributed by atoms with Gasteiger partial charge in [0.05, 0.1) is 0 Å². The Bertz CT molecular complexity index is 359. The summed E-state index contributed by atoms with van der Waals surface area (Å²) in [7, 11) is 0. The van der Waals surface area contributed by atoms with Gasteiger partial charge in [0.15, 0.2) is 0 Å². The van der Waals surface area contributed by atoms with E-state index in [0.29, 0.717) is 5.41 Å². The molecule has 1 nitrogen and oxygen atoms in total. The summed E-state index contributed by atoms with van der Waals surface area (Å²) in [5.41, 5.74) is 5.03. The summed E-state index contributed by atoms with van der Waals surface area (Å²) in [6.45, 7) is 6.96. The summed E-state index contributed by atoms with van der Waals surface area (Å²) in [6, 6.07) is 2.46. The highest BCUT2D eigenvalue weighted by molar-refractivity contribution is 5.41. The van der Waals surface area contributed by atoms with Crippen LogP contribution in [-0.2, 0) is 5.41 Å². The smallest absolute Gasteiger partial charge is 0.0216 e. The second-order valence-corrected chi connectivity index (χ2v) is 6.00. The molecule has 15 heavy (non-hydrogen) atoms. The summed E-state index contributed by atoms with van der Waals surface area (Å²) in [6.07, 6.45) is 5.49. The lowest BCUT2D eigenvalue weighted by Gasteiger charge is -2.21. The van der Waals surface area contributed by atoms with Gasteiger partial charge in [-0.3, -0.25) is 0 Å². The normalized spacial score (nSPS) is 28.5. The fourth-order valence-electron chi connectivity index (χ4n) is 3.24. The van der Waals surface area contributed by atoms with Crippen LogP contribution in [-0.4, -0.2) is 4.98 Å². The first-order valence-corrected chi connectivity index (χ1v) is 6.35. The molecule has 2 unspecified atom stereocenters. The fraction of sp³-hybridized carbons (Fsp3) is 0.714. The average Bonchev–Trinajstić information content (AvgIpc) is 2.89. The monoisotopic (exact) mass is 203 g/mol. The largest absolute Gasteiger partial charge is 0.361 e. The van der Waals surface area contributed by atoms with Crippen LogP contribution in [0.15, 0.2) is 6.07 Å². The maximum atomic E-state index is 3.72. The molecule has 0 saturated heterocycles. The van der Waals surface area contributed by atoms with Crippen LogP contribution in [0.5, 0.6) is 0 Å². The maximum absolute atomic E-state index is 3.72. The van der Waals surface area contributed by atoms with Gasteiger partial charge >= 0.3 is 0 Å². The molecular formula is C14H21N. The van der Waals surface area contributed by atoms with Crippen LogP contribution in [0.25, 0.3) is 0 Å². The Morgan fingerprint density at radius 3 is 2.73 bits per heavy atom. The maximum Gasteiger partial charge on any atom is 0.0216 e. The number of hydrogen-bond donors (Lipinski definition) is 1. The Kier molecular flexibility index (Phi) is 1.84. The van der Waals surface area contributed by atoms with Gasteiger partial charge in [-0.05, 0) is 49.1 Å². The highest BCUT2D eigenvalue weighted by atomic mass is 14.8. The number of rotatable bonds is 2. The molecule has 1 aromatic rings. The van der Waals surface area contributed by atoms with Crippen LogP contribution in [0.1, 0.15) is 75.2 Å². The number of H-pyrrole nitrogens is 1. The van der Waals surface area contributed by atoms with Crippen LogP contribution in [0.3, 0.4) is 0 Å². The second-order valence-electron chi connectivity index (χ2n) is 6.00. The van der Waals surface area contributed by atoms with E-state index in [9.17, 15) is 0 Å². The molecule has 2 bridgehead atoms. The van der Waals surface area contributed by atoms with Crippen molar-refractivity contribution in [1.29, 1.82) is 0 Å². The first kappa shape index (κ1) is 9.50. The van der Waals surface area contributed by atoms with E-state index < -0.39 is 0 Å². The summed E-state index contributed by atoms with van der Waals surface area (Å²) < 4.78 is 0. The van der Waals surface area contributed by atoms with Crippen molar-refractivity contribution in [3.05, 3.63) is 23.0 Å². The van der Waals surface area contributed by atoms with Crippen LogP contribution in [0, 0.1) is 0 Å². The third kappa shape index (κ3) is 1.22. The summed E-state index contributed by atoms with van der Waals surface area (Å²) in [4.78, 5) is 3.72. The molecule has 0 aromatic carbocycles. The number of nitrogens with one attached hydrogen (secondary N) is 1. The molecule has 1 heterocycles. The molecule has 0 spiro atoms. The molecule has 3 rings (SSSR count). The molecule has 1 fully saturated rings. The van der Waals surface area contributed by atoms with E-state index in [1.807, 2.05) is 0 Å². The highest BCUT2D eigenvalue weighted by Gasteiger charge is 2.39. The van der Waals surface area contributed by atoms with Crippen LogP contribution >= 0.6 is 0 Å².